The summed E-state index contributed by atoms with van der Waals surface area (Å²) in [6.45, 7) is 1.78. The predicted octanol–water partition coefficient (Wildman–Crippen LogP) is 2.45. The Morgan fingerprint density at radius 2 is 2.15 bits per heavy atom. The molecule has 0 fully saturated rings. The van der Waals surface area contributed by atoms with Gasteiger partial charge in [-0.05, 0) is 19.1 Å². The van der Waals surface area contributed by atoms with Crippen LogP contribution < -0.4 is 16.0 Å². The van der Waals surface area contributed by atoms with E-state index in [-0.39, 0.29) is 31.1 Å². The molecular formula is C14H16ClFN2O2. The van der Waals surface area contributed by atoms with Gasteiger partial charge in [0.05, 0.1) is 17.4 Å². The van der Waals surface area contributed by atoms with Gasteiger partial charge >= 0.3 is 0 Å². The Morgan fingerprint density at radius 3 is 2.80 bits per heavy atom. The maximum atomic E-state index is 12.5. The van der Waals surface area contributed by atoms with Crippen molar-refractivity contribution in [1.29, 1.82) is 0 Å². The highest BCUT2D eigenvalue weighted by Gasteiger charge is 2.10. The van der Waals surface area contributed by atoms with Crippen LogP contribution in [0.4, 0.5) is 4.39 Å². The molecule has 0 radical (unpaired) electrons. The van der Waals surface area contributed by atoms with E-state index in [1.807, 2.05) is 18.2 Å². The van der Waals surface area contributed by atoms with Gasteiger partial charge in [-0.15, -0.1) is 12.4 Å². The second-order valence-corrected chi connectivity index (χ2v) is 4.21. The first kappa shape index (κ1) is 16.2. The lowest BCUT2D eigenvalue weighted by molar-refractivity contribution is 0.348. The van der Waals surface area contributed by atoms with Crippen LogP contribution in [0.3, 0.4) is 0 Å². The largest absolute Gasteiger partial charge is 0.488 e. The molecule has 3 N–H and O–H groups in total. The van der Waals surface area contributed by atoms with Gasteiger partial charge in [0, 0.05) is 17.5 Å². The highest BCUT2D eigenvalue weighted by atomic mass is 35.5. The molecule has 0 saturated carbocycles. The van der Waals surface area contributed by atoms with E-state index in [1.165, 1.54) is 0 Å². The minimum atomic E-state index is -0.216. The fourth-order valence-electron chi connectivity index (χ4n) is 1.80. The molecular weight excluding hydrogens is 283 g/mol. The van der Waals surface area contributed by atoms with Gasteiger partial charge in [-0.1, -0.05) is 12.1 Å². The normalized spacial score (nSPS) is 11.2. The lowest BCUT2D eigenvalue weighted by Gasteiger charge is -2.12. The zero-order valence-corrected chi connectivity index (χ0v) is 11.8. The molecule has 6 heteroatoms. The van der Waals surface area contributed by atoms with Crippen LogP contribution in [0.5, 0.6) is 5.75 Å². The molecule has 0 aliphatic rings. The molecule has 0 bridgehead atoms. The first-order valence-corrected chi connectivity index (χ1v) is 5.90. The van der Waals surface area contributed by atoms with Crippen molar-refractivity contribution in [3.8, 4) is 5.75 Å². The standard InChI is InChI=1S/C14H15FN2O2.ClH/c1-9-13(19-8-10(6-15)7-16)11-4-2-3-5-12(11)17-14(9)18;/h2-6H,7-8,16H2,1H3,(H,17,18);1H/b10-6+;. The molecule has 1 aromatic carbocycles. The molecule has 2 rings (SSSR count). The predicted molar refractivity (Wildman–Crippen MR) is 80.3 cm³/mol. The Bertz CT molecular complexity index is 682. The summed E-state index contributed by atoms with van der Waals surface area (Å²) in [6, 6.07) is 7.30. The Balaban J connectivity index is 0.00000200. The summed E-state index contributed by atoms with van der Waals surface area (Å²) >= 11 is 0. The van der Waals surface area contributed by atoms with Crippen LogP contribution in [0.15, 0.2) is 41.0 Å². The first-order chi connectivity index (χ1) is 9.17. The molecule has 0 aliphatic carbocycles. The molecule has 0 atom stereocenters. The third kappa shape index (κ3) is 3.18. The third-order valence-corrected chi connectivity index (χ3v) is 2.92. The lowest BCUT2D eigenvalue weighted by Crippen LogP contribution is -2.15. The average molecular weight is 299 g/mol. The molecule has 0 spiro atoms. The number of hydrogen-bond acceptors (Lipinski definition) is 3. The van der Waals surface area contributed by atoms with Crippen LogP contribution in [0.2, 0.25) is 0 Å². The highest BCUT2D eigenvalue weighted by molar-refractivity contribution is 5.86. The number of benzene rings is 1. The number of ether oxygens (including phenoxy) is 1. The van der Waals surface area contributed by atoms with Gasteiger partial charge in [-0.25, -0.2) is 4.39 Å². The number of para-hydroxylation sites is 1. The van der Waals surface area contributed by atoms with Crippen molar-refractivity contribution in [2.45, 2.75) is 6.92 Å². The van der Waals surface area contributed by atoms with Crippen LogP contribution in [-0.2, 0) is 0 Å². The van der Waals surface area contributed by atoms with Crippen LogP contribution in [0.25, 0.3) is 10.9 Å². The fraction of sp³-hybridized carbons (Fsp3) is 0.214. The number of hydrogen-bond donors (Lipinski definition) is 2. The summed E-state index contributed by atoms with van der Waals surface area (Å²) in [5.74, 6) is 0.465. The monoisotopic (exact) mass is 298 g/mol. The molecule has 1 heterocycles. The second kappa shape index (κ2) is 7.07. The number of aromatic nitrogens is 1. The molecule has 4 nitrogen and oxygen atoms in total. The number of halogens is 2. The van der Waals surface area contributed by atoms with Crippen LogP contribution in [0.1, 0.15) is 5.56 Å². The quantitative estimate of drug-likeness (QED) is 0.911. The molecule has 20 heavy (non-hydrogen) atoms. The van der Waals surface area contributed by atoms with Gasteiger partial charge < -0.3 is 15.5 Å². The van der Waals surface area contributed by atoms with E-state index in [4.69, 9.17) is 10.5 Å². The molecule has 1 aromatic heterocycles. The number of aromatic amines is 1. The number of H-pyrrole nitrogens is 1. The summed E-state index contributed by atoms with van der Waals surface area (Å²) in [4.78, 5) is 14.6. The van der Waals surface area contributed by atoms with Crippen molar-refractivity contribution in [1.82, 2.24) is 4.98 Å². The number of fused-ring (bicyclic) bond motifs is 1. The van der Waals surface area contributed by atoms with Gasteiger partial charge in [0.15, 0.2) is 0 Å². The Kier molecular flexibility index (Phi) is 5.73. The minimum Gasteiger partial charge on any atom is -0.488 e. The maximum absolute atomic E-state index is 12.5. The van der Waals surface area contributed by atoms with Crippen molar-refractivity contribution >= 4 is 23.3 Å². The number of pyridine rings is 1. The van der Waals surface area contributed by atoms with Gasteiger partial charge in [-0.2, -0.15) is 0 Å². The van der Waals surface area contributed by atoms with E-state index < -0.39 is 0 Å². The summed E-state index contributed by atoms with van der Waals surface area (Å²) in [6.07, 6.45) is 0.435. The van der Waals surface area contributed by atoms with E-state index in [9.17, 15) is 9.18 Å². The topological polar surface area (TPSA) is 68.1 Å². The Labute approximate surface area is 121 Å². The van der Waals surface area contributed by atoms with Gasteiger partial charge in [0.1, 0.15) is 12.4 Å². The van der Waals surface area contributed by atoms with E-state index in [2.05, 4.69) is 4.98 Å². The zero-order valence-electron chi connectivity index (χ0n) is 11.0. The van der Waals surface area contributed by atoms with Gasteiger partial charge in [-0.3, -0.25) is 4.79 Å². The number of nitrogens with one attached hydrogen (secondary N) is 1. The Morgan fingerprint density at radius 1 is 1.45 bits per heavy atom. The first-order valence-electron chi connectivity index (χ1n) is 5.90. The van der Waals surface area contributed by atoms with Crippen LogP contribution in [-0.4, -0.2) is 18.1 Å². The fourth-order valence-corrected chi connectivity index (χ4v) is 1.80. The van der Waals surface area contributed by atoms with E-state index >= 15 is 0 Å². The van der Waals surface area contributed by atoms with Crippen LogP contribution in [0, 0.1) is 6.92 Å². The van der Waals surface area contributed by atoms with E-state index in [0.29, 0.717) is 28.7 Å². The van der Waals surface area contributed by atoms with E-state index in [1.54, 1.807) is 13.0 Å². The SMILES string of the molecule is Cc1c(OC/C(=C/F)CN)c2ccccc2[nH]c1=O.Cl. The smallest absolute Gasteiger partial charge is 0.255 e. The van der Waals surface area contributed by atoms with Crippen molar-refractivity contribution in [3.05, 3.63) is 52.1 Å². The van der Waals surface area contributed by atoms with E-state index in [0.717, 1.165) is 5.39 Å². The second-order valence-electron chi connectivity index (χ2n) is 4.21. The number of rotatable bonds is 4. The molecule has 0 amide bonds. The summed E-state index contributed by atoms with van der Waals surface area (Å²) in [5, 5.41) is 0.787. The molecule has 0 saturated heterocycles. The number of nitrogens with two attached hydrogens (primary N) is 1. The van der Waals surface area contributed by atoms with Crippen molar-refractivity contribution < 1.29 is 9.13 Å². The molecule has 0 aliphatic heterocycles. The highest BCUT2D eigenvalue weighted by Crippen LogP contribution is 2.25. The Hall–Kier alpha value is -1.85. The van der Waals surface area contributed by atoms with Crippen molar-refractivity contribution in [3.63, 3.8) is 0 Å². The summed E-state index contributed by atoms with van der Waals surface area (Å²) < 4.78 is 18.0. The summed E-state index contributed by atoms with van der Waals surface area (Å²) in [5.41, 5.74) is 6.65. The molecule has 108 valence electrons. The molecule has 0 unspecified atom stereocenters. The van der Waals surface area contributed by atoms with Gasteiger partial charge in [0.2, 0.25) is 0 Å². The molecule has 2 aromatic rings. The zero-order chi connectivity index (χ0) is 13.8. The lowest BCUT2D eigenvalue weighted by atomic mass is 10.1. The van der Waals surface area contributed by atoms with Crippen molar-refractivity contribution in [2.24, 2.45) is 5.73 Å². The third-order valence-electron chi connectivity index (χ3n) is 2.92. The average Bonchev–Trinajstić information content (AvgIpc) is 2.43. The minimum absolute atomic E-state index is 0. The maximum Gasteiger partial charge on any atom is 0.255 e. The van der Waals surface area contributed by atoms with Gasteiger partial charge in [0.25, 0.3) is 5.56 Å². The van der Waals surface area contributed by atoms with Crippen molar-refractivity contribution in [2.75, 3.05) is 13.2 Å². The van der Waals surface area contributed by atoms with Crippen LogP contribution >= 0.6 is 12.4 Å². The summed E-state index contributed by atoms with van der Waals surface area (Å²) in [7, 11) is 0.